The van der Waals surface area contributed by atoms with Crippen LogP contribution in [0.5, 0.6) is 0 Å². The number of hydrogen-bond donors (Lipinski definition) is 0. The minimum absolute atomic E-state index is 0. The summed E-state index contributed by atoms with van der Waals surface area (Å²) in [4.78, 5) is 24.2. The summed E-state index contributed by atoms with van der Waals surface area (Å²) in [6, 6.07) is -0.157. The highest BCUT2D eigenvalue weighted by atomic mass is 31.0. The molecule has 1 fully saturated rings. The molecule has 0 spiro atoms. The monoisotopic (exact) mass is 263 g/mol. The van der Waals surface area contributed by atoms with E-state index in [0.29, 0.717) is 26.1 Å². The molecule has 98 valence electrons. The summed E-state index contributed by atoms with van der Waals surface area (Å²) < 4.78 is 9.67. The highest BCUT2D eigenvalue weighted by Gasteiger charge is 2.34. The number of carbonyl (C=O) groups excluding carboxylic acids is 2. The molecule has 2 atom stereocenters. The minimum Gasteiger partial charge on any atom is -0.447 e. The van der Waals surface area contributed by atoms with Crippen molar-refractivity contribution >= 4 is 21.5 Å². The van der Waals surface area contributed by atoms with Gasteiger partial charge >= 0.3 is 6.09 Å². The molecule has 1 aliphatic heterocycles. The van der Waals surface area contributed by atoms with E-state index in [1.54, 1.807) is 6.92 Å². The fraction of sp³-hybridized carbons (Fsp3) is 0.636. The Morgan fingerprint density at radius 2 is 2.47 bits per heavy atom. The average molecular weight is 263 g/mol. The Kier molecular flexibility index (Phi) is 5.59. The first-order valence-corrected chi connectivity index (χ1v) is 5.99. The highest BCUT2D eigenvalue weighted by molar-refractivity contribution is 7.09. The van der Waals surface area contributed by atoms with Gasteiger partial charge in [0.15, 0.2) is 0 Å². The summed E-state index contributed by atoms with van der Waals surface area (Å²) in [5.74, 6) is -0.184. The number of ether oxygens (including phenoxy) is 1. The molecular weight excluding hydrogens is 241 g/mol. The summed E-state index contributed by atoms with van der Waals surface area (Å²) in [5, 5.41) is 0. The highest BCUT2D eigenvalue weighted by Crippen LogP contribution is 2.14. The Hall–Kier alpha value is -0.930. The lowest BCUT2D eigenvalue weighted by Crippen LogP contribution is -2.36. The molecule has 0 saturated carbocycles. The van der Waals surface area contributed by atoms with Gasteiger partial charge in [-0.2, -0.15) is 0 Å². The van der Waals surface area contributed by atoms with Gasteiger partial charge in [-0.3, -0.25) is 4.79 Å². The maximum Gasteiger partial charge on any atom is 0.416 e. The van der Waals surface area contributed by atoms with Gasteiger partial charge in [0.25, 0.3) is 0 Å². The second-order valence-corrected chi connectivity index (χ2v) is 4.42. The molecule has 6 heteroatoms. The van der Waals surface area contributed by atoms with Crippen molar-refractivity contribution in [2.75, 3.05) is 13.2 Å². The molecule has 0 N–H and O–H groups in total. The van der Waals surface area contributed by atoms with Crippen LogP contribution in [0.25, 0.3) is 0 Å². The largest absolute Gasteiger partial charge is 0.447 e. The van der Waals surface area contributed by atoms with E-state index in [1.165, 1.54) is 4.90 Å². The number of allylic oxidation sites excluding steroid dienone is 1. The van der Waals surface area contributed by atoms with Crippen molar-refractivity contribution in [1.82, 2.24) is 4.90 Å². The van der Waals surface area contributed by atoms with Crippen LogP contribution < -0.4 is 0 Å². The van der Waals surface area contributed by atoms with Crippen LogP contribution in [0.4, 0.5) is 4.79 Å². The lowest BCUT2D eigenvalue weighted by atomic mass is 10.2. The maximum absolute atomic E-state index is 11.8. The third-order valence-corrected chi connectivity index (χ3v) is 2.68. The first kappa shape index (κ1) is 14.1. The molecule has 0 aromatic rings. The Bertz CT molecular complexity index is 335. The zero-order valence-electron chi connectivity index (χ0n) is 10.1. The first-order valence-electron chi connectivity index (χ1n) is 5.52. The number of rotatable bonds is 5. The Labute approximate surface area is 105 Å². The quantitative estimate of drug-likeness (QED) is 0.563. The van der Waals surface area contributed by atoms with Crippen LogP contribution in [0.1, 0.15) is 28.1 Å². The van der Waals surface area contributed by atoms with E-state index in [1.807, 2.05) is 13.0 Å². The number of cyclic esters (lactones) is 1. The standard InChI is InChI=1S/C11H18NO4P.H2/c1-8(6-16-17)4-3-5-10(13)12-9(2)7-15-11(12)14;/h4,9H,3,5-7,17H2,1-2H3;1H/b8-4-;/i;1+2. The third kappa shape index (κ3) is 4.10. The van der Waals surface area contributed by atoms with Crippen molar-refractivity contribution in [3.63, 3.8) is 0 Å². The molecule has 0 aromatic heterocycles. The Balaban J connectivity index is 0.00000289. The summed E-state index contributed by atoms with van der Waals surface area (Å²) in [5.41, 5.74) is 1.06. The molecule has 1 rings (SSSR count). The van der Waals surface area contributed by atoms with Crippen LogP contribution in [0, 0.1) is 0 Å². The summed E-state index contributed by atoms with van der Waals surface area (Å²) in [6.45, 7) is 4.55. The van der Waals surface area contributed by atoms with E-state index < -0.39 is 6.09 Å². The SMILES string of the molecule is C/C(=C/CCC(=O)N1C(=O)OCC1C)COP.[3HH]. The molecule has 0 aromatic carbocycles. The Morgan fingerprint density at radius 1 is 1.76 bits per heavy atom. The predicted octanol–water partition coefficient (Wildman–Crippen LogP) is 2.13. The molecule has 17 heavy (non-hydrogen) atoms. The van der Waals surface area contributed by atoms with E-state index in [2.05, 4.69) is 9.47 Å². The summed E-state index contributed by atoms with van der Waals surface area (Å²) >= 11 is 0. The lowest BCUT2D eigenvalue weighted by Gasteiger charge is -2.15. The van der Waals surface area contributed by atoms with Crippen molar-refractivity contribution < 1.29 is 20.3 Å². The van der Waals surface area contributed by atoms with Crippen LogP contribution >= 0.6 is 9.47 Å². The maximum atomic E-state index is 11.8. The zero-order valence-corrected chi connectivity index (χ0v) is 11.3. The van der Waals surface area contributed by atoms with E-state index in [0.717, 1.165) is 5.57 Å². The molecule has 1 aliphatic rings. The second-order valence-electron chi connectivity index (χ2n) is 4.09. The zero-order chi connectivity index (χ0) is 12.8. The van der Waals surface area contributed by atoms with Gasteiger partial charge in [-0.1, -0.05) is 11.6 Å². The van der Waals surface area contributed by atoms with Crippen LogP contribution in [0.2, 0.25) is 0 Å². The number of hydrogen-bond acceptors (Lipinski definition) is 4. The predicted molar refractivity (Wildman–Crippen MR) is 68.4 cm³/mol. The lowest BCUT2D eigenvalue weighted by molar-refractivity contribution is -0.128. The van der Waals surface area contributed by atoms with Crippen molar-refractivity contribution in [2.24, 2.45) is 0 Å². The topological polar surface area (TPSA) is 55.8 Å². The molecule has 0 radical (unpaired) electrons. The molecule has 1 heterocycles. The van der Waals surface area contributed by atoms with Crippen LogP contribution in [-0.2, 0) is 14.1 Å². The third-order valence-electron chi connectivity index (χ3n) is 2.52. The molecule has 2 unspecified atom stereocenters. The fourth-order valence-electron chi connectivity index (χ4n) is 1.62. The normalized spacial score (nSPS) is 20.6. The van der Waals surface area contributed by atoms with Crippen molar-refractivity contribution in [1.29, 1.82) is 0 Å². The van der Waals surface area contributed by atoms with E-state index in [9.17, 15) is 9.59 Å². The van der Waals surface area contributed by atoms with Crippen molar-refractivity contribution in [2.45, 2.75) is 32.7 Å². The minimum atomic E-state index is -0.531. The summed E-state index contributed by atoms with van der Waals surface area (Å²) in [7, 11) is 2.18. The molecule has 0 aliphatic carbocycles. The Morgan fingerprint density at radius 3 is 3.00 bits per heavy atom. The molecule has 2 amide bonds. The van der Waals surface area contributed by atoms with Gasteiger partial charge in [0, 0.05) is 17.3 Å². The molecule has 1 saturated heterocycles. The van der Waals surface area contributed by atoms with Crippen LogP contribution in [-0.4, -0.2) is 36.2 Å². The summed E-state index contributed by atoms with van der Waals surface area (Å²) in [6.07, 6.45) is 2.33. The molecule has 0 bridgehead atoms. The van der Waals surface area contributed by atoms with E-state index in [-0.39, 0.29) is 13.4 Å². The second kappa shape index (κ2) is 6.72. The van der Waals surface area contributed by atoms with Gasteiger partial charge in [-0.15, -0.1) is 0 Å². The van der Waals surface area contributed by atoms with Gasteiger partial charge in [0.1, 0.15) is 6.61 Å². The molecular formula is C11H20NO4P. The fourth-order valence-corrected chi connectivity index (χ4v) is 1.88. The number of imide groups is 1. The van der Waals surface area contributed by atoms with Gasteiger partial charge in [-0.05, 0) is 20.3 Å². The van der Waals surface area contributed by atoms with Crippen LogP contribution in [0.15, 0.2) is 11.6 Å². The number of carbonyl (C=O) groups is 2. The van der Waals surface area contributed by atoms with Gasteiger partial charge in [0.05, 0.1) is 12.6 Å². The smallest absolute Gasteiger partial charge is 0.416 e. The van der Waals surface area contributed by atoms with E-state index >= 15 is 0 Å². The van der Waals surface area contributed by atoms with Crippen molar-refractivity contribution in [3.8, 4) is 0 Å². The van der Waals surface area contributed by atoms with E-state index in [4.69, 9.17) is 9.26 Å². The van der Waals surface area contributed by atoms with Gasteiger partial charge in [-0.25, -0.2) is 9.69 Å². The molecule has 5 nitrogen and oxygen atoms in total. The van der Waals surface area contributed by atoms with Crippen molar-refractivity contribution in [3.05, 3.63) is 11.6 Å². The number of amides is 2. The average Bonchev–Trinajstić information content (AvgIpc) is 2.59. The van der Waals surface area contributed by atoms with Gasteiger partial charge in [0.2, 0.25) is 5.91 Å². The van der Waals surface area contributed by atoms with Crippen LogP contribution in [0.3, 0.4) is 0 Å². The van der Waals surface area contributed by atoms with Gasteiger partial charge < -0.3 is 9.26 Å². The number of nitrogens with zero attached hydrogens (tertiary/aromatic N) is 1. The first-order chi connectivity index (χ1) is 8.06.